The molecule has 0 aliphatic rings. The molecule has 0 radical (unpaired) electrons. The van der Waals surface area contributed by atoms with Crippen LogP contribution in [0.25, 0.3) is 22.2 Å². The summed E-state index contributed by atoms with van der Waals surface area (Å²) in [6, 6.07) is 21.5. The number of methoxy groups -OCH3 is 1. The number of nitrogens with zero attached hydrogens (tertiary/aromatic N) is 3. The zero-order valence-electron chi connectivity index (χ0n) is 16.7. The Balaban J connectivity index is 1.50. The van der Waals surface area contributed by atoms with Crippen molar-refractivity contribution < 1.29 is 13.9 Å². The number of thioether (sulfide) groups is 1. The zero-order chi connectivity index (χ0) is 20.9. The molecule has 0 atom stereocenters. The molecule has 6 nitrogen and oxygen atoms in total. The van der Waals surface area contributed by atoms with E-state index in [9.17, 15) is 4.79 Å². The Morgan fingerprint density at radius 1 is 1.03 bits per heavy atom. The second kappa shape index (κ2) is 9.00. The molecule has 0 fully saturated rings. The van der Waals surface area contributed by atoms with E-state index in [1.54, 1.807) is 12.0 Å². The molecule has 152 valence electrons. The molecule has 7 heteroatoms. The fraction of sp³-hybridized carbons (Fsp3) is 0.174. The Kier molecular flexibility index (Phi) is 5.99. The molecule has 3 aromatic carbocycles. The molecule has 1 amide bonds. The minimum absolute atomic E-state index is 0.0177. The molecule has 1 aromatic heterocycles. The van der Waals surface area contributed by atoms with Crippen LogP contribution in [-0.2, 0) is 4.79 Å². The first-order valence-electron chi connectivity index (χ1n) is 9.59. The number of rotatable bonds is 7. The van der Waals surface area contributed by atoms with Gasteiger partial charge >= 0.3 is 0 Å². The number of anilines is 1. The Morgan fingerprint density at radius 3 is 2.63 bits per heavy atom. The maximum Gasteiger partial charge on any atom is 0.277 e. The van der Waals surface area contributed by atoms with Gasteiger partial charge in [-0.15, -0.1) is 10.2 Å². The van der Waals surface area contributed by atoms with Crippen LogP contribution in [0.1, 0.15) is 6.92 Å². The molecule has 4 rings (SSSR count). The normalized spacial score (nSPS) is 10.9. The first kappa shape index (κ1) is 20.0. The Labute approximate surface area is 178 Å². The molecule has 0 saturated heterocycles. The number of benzene rings is 3. The highest BCUT2D eigenvalue weighted by molar-refractivity contribution is 7.99. The summed E-state index contributed by atoms with van der Waals surface area (Å²) in [6.07, 6.45) is 0. The summed E-state index contributed by atoms with van der Waals surface area (Å²) in [7, 11) is 1.59. The van der Waals surface area contributed by atoms with Crippen molar-refractivity contribution in [2.24, 2.45) is 0 Å². The van der Waals surface area contributed by atoms with Gasteiger partial charge in [0.25, 0.3) is 11.1 Å². The van der Waals surface area contributed by atoms with E-state index < -0.39 is 0 Å². The third-order valence-corrected chi connectivity index (χ3v) is 5.54. The van der Waals surface area contributed by atoms with E-state index in [0.717, 1.165) is 22.0 Å². The summed E-state index contributed by atoms with van der Waals surface area (Å²) in [5.74, 6) is 1.20. The summed E-state index contributed by atoms with van der Waals surface area (Å²) in [5, 5.41) is 10.7. The zero-order valence-corrected chi connectivity index (χ0v) is 17.6. The molecule has 0 unspecified atom stereocenters. The minimum Gasteiger partial charge on any atom is -0.496 e. The van der Waals surface area contributed by atoms with Gasteiger partial charge in [0.1, 0.15) is 5.75 Å². The van der Waals surface area contributed by atoms with Crippen molar-refractivity contribution in [1.29, 1.82) is 0 Å². The standard InChI is InChI=1S/C23H21N3O3S/c1-3-26(19-13-8-10-16-9-4-5-11-17(16)19)21(27)15-30-23-25-24-22(29-23)18-12-6-7-14-20(18)28-2/h4-14H,3,15H2,1-2H3. The van der Waals surface area contributed by atoms with Crippen LogP contribution in [0.15, 0.2) is 76.4 Å². The maximum absolute atomic E-state index is 13.0. The molecular formula is C23H21N3O3S. The van der Waals surface area contributed by atoms with Gasteiger partial charge in [0.15, 0.2) is 0 Å². The number of carbonyl (C=O) groups is 1. The van der Waals surface area contributed by atoms with Gasteiger partial charge in [0.2, 0.25) is 5.91 Å². The average Bonchev–Trinajstić information content (AvgIpc) is 3.27. The number of amides is 1. The highest BCUT2D eigenvalue weighted by atomic mass is 32.2. The molecule has 1 heterocycles. The van der Waals surface area contributed by atoms with Crippen LogP contribution in [0.4, 0.5) is 5.69 Å². The van der Waals surface area contributed by atoms with Gasteiger partial charge in [0.05, 0.1) is 24.1 Å². The summed E-state index contributed by atoms with van der Waals surface area (Å²) in [5.41, 5.74) is 1.62. The van der Waals surface area contributed by atoms with Crippen molar-refractivity contribution in [3.8, 4) is 17.2 Å². The Morgan fingerprint density at radius 2 is 1.80 bits per heavy atom. The number of fused-ring (bicyclic) bond motifs is 1. The van der Waals surface area contributed by atoms with Gasteiger partial charge in [0, 0.05) is 11.9 Å². The van der Waals surface area contributed by atoms with Gasteiger partial charge < -0.3 is 14.1 Å². The van der Waals surface area contributed by atoms with Crippen LogP contribution in [0.2, 0.25) is 0 Å². The van der Waals surface area contributed by atoms with E-state index in [1.165, 1.54) is 11.8 Å². The molecule has 0 saturated carbocycles. The van der Waals surface area contributed by atoms with Crippen molar-refractivity contribution in [1.82, 2.24) is 10.2 Å². The average molecular weight is 420 g/mol. The highest BCUT2D eigenvalue weighted by Crippen LogP contribution is 2.31. The summed E-state index contributed by atoms with van der Waals surface area (Å²) >= 11 is 1.23. The van der Waals surface area contributed by atoms with Crippen LogP contribution < -0.4 is 9.64 Å². The molecule has 0 spiro atoms. The van der Waals surface area contributed by atoms with Crippen LogP contribution in [-0.4, -0.2) is 35.5 Å². The maximum atomic E-state index is 13.0. The molecule has 0 bridgehead atoms. The quantitative estimate of drug-likeness (QED) is 0.391. The lowest BCUT2D eigenvalue weighted by atomic mass is 10.1. The fourth-order valence-corrected chi connectivity index (χ4v) is 3.96. The van der Waals surface area contributed by atoms with Crippen LogP contribution in [0, 0.1) is 0 Å². The SMILES string of the molecule is CCN(C(=O)CSc1nnc(-c2ccccc2OC)o1)c1cccc2ccccc12. The molecule has 0 N–H and O–H groups in total. The van der Waals surface area contributed by atoms with Crippen LogP contribution in [0.5, 0.6) is 5.75 Å². The lowest BCUT2D eigenvalue weighted by molar-refractivity contribution is -0.116. The van der Waals surface area contributed by atoms with Gasteiger partial charge in [-0.1, -0.05) is 60.3 Å². The van der Waals surface area contributed by atoms with E-state index in [4.69, 9.17) is 9.15 Å². The number of carbonyl (C=O) groups excluding carboxylic acids is 1. The monoisotopic (exact) mass is 419 g/mol. The van der Waals surface area contributed by atoms with E-state index in [2.05, 4.69) is 10.2 Å². The molecule has 30 heavy (non-hydrogen) atoms. The lowest BCUT2D eigenvalue weighted by Crippen LogP contribution is -2.32. The lowest BCUT2D eigenvalue weighted by Gasteiger charge is -2.22. The van der Waals surface area contributed by atoms with Crippen molar-refractivity contribution in [3.05, 3.63) is 66.7 Å². The minimum atomic E-state index is -0.0177. The predicted octanol–water partition coefficient (Wildman–Crippen LogP) is 5.04. The van der Waals surface area contributed by atoms with Crippen molar-refractivity contribution in [2.75, 3.05) is 24.3 Å². The van der Waals surface area contributed by atoms with Gasteiger partial charge in [-0.25, -0.2) is 0 Å². The second-order valence-electron chi connectivity index (χ2n) is 6.50. The fourth-order valence-electron chi connectivity index (χ4n) is 3.32. The summed E-state index contributed by atoms with van der Waals surface area (Å²) in [6.45, 7) is 2.54. The highest BCUT2D eigenvalue weighted by Gasteiger charge is 2.19. The number of hydrogen-bond acceptors (Lipinski definition) is 6. The van der Waals surface area contributed by atoms with Crippen LogP contribution in [0.3, 0.4) is 0 Å². The summed E-state index contributed by atoms with van der Waals surface area (Å²) in [4.78, 5) is 14.7. The number of ether oxygens (including phenoxy) is 1. The predicted molar refractivity (Wildman–Crippen MR) is 119 cm³/mol. The Bertz CT molecular complexity index is 1170. The Hall–Kier alpha value is -3.32. The van der Waals surface area contributed by atoms with Crippen molar-refractivity contribution >= 4 is 34.1 Å². The molecule has 0 aliphatic heterocycles. The third kappa shape index (κ3) is 4.02. The van der Waals surface area contributed by atoms with Crippen LogP contribution >= 0.6 is 11.8 Å². The number of para-hydroxylation sites is 1. The first-order chi connectivity index (χ1) is 14.7. The molecule has 0 aliphatic carbocycles. The van der Waals surface area contributed by atoms with Crippen molar-refractivity contribution in [2.45, 2.75) is 12.1 Å². The summed E-state index contributed by atoms with van der Waals surface area (Å²) < 4.78 is 11.1. The molecular weight excluding hydrogens is 398 g/mol. The number of aromatic nitrogens is 2. The topological polar surface area (TPSA) is 68.5 Å². The largest absolute Gasteiger partial charge is 0.496 e. The smallest absolute Gasteiger partial charge is 0.277 e. The van der Waals surface area contributed by atoms with Gasteiger partial charge in [-0.05, 0) is 30.5 Å². The third-order valence-electron chi connectivity index (χ3n) is 4.74. The van der Waals surface area contributed by atoms with E-state index in [0.29, 0.717) is 23.4 Å². The van der Waals surface area contributed by atoms with Crippen molar-refractivity contribution in [3.63, 3.8) is 0 Å². The first-order valence-corrected chi connectivity index (χ1v) is 10.6. The van der Waals surface area contributed by atoms with Gasteiger partial charge in [-0.2, -0.15) is 0 Å². The number of hydrogen-bond donors (Lipinski definition) is 0. The molecule has 4 aromatic rings. The van der Waals surface area contributed by atoms with Gasteiger partial charge in [-0.3, -0.25) is 4.79 Å². The van der Waals surface area contributed by atoms with E-state index in [-0.39, 0.29) is 11.7 Å². The van der Waals surface area contributed by atoms with E-state index >= 15 is 0 Å². The van der Waals surface area contributed by atoms with E-state index in [1.807, 2.05) is 73.7 Å². The second-order valence-corrected chi connectivity index (χ2v) is 7.42.